The molecule has 0 aliphatic rings. The Morgan fingerprint density at radius 1 is 0.739 bits per heavy atom. The van der Waals surface area contributed by atoms with Gasteiger partial charge < -0.3 is 0 Å². The zero-order valence-corrected chi connectivity index (χ0v) is 13.5. The van der Waals surface area contributed by atoms with Gasteiger partial charge in [0.05, 0.1) is 11.6 Å². The molecule has 0 radical (unpaired) electrons. The van der Waals surface area contributed by atoms with E-state index in [4.69, 9.17) is 5.26 Å². The molecule has 0 aromatic heterocycles. The second-order valence-corrected chi connectivity index (χ2v) is 5.83. The van der Waals surface area contributed by atoms with Crippen molar-refractivity contribution in [3.05, 3.63) is 83.4 Å². The third kappa shape index (κ3) is 3.33. The fourth-order valence-corrected chi connectivity index (χ4v) is 2.71. The summed E-state index contributed by atoms with van der Waals surface area (Å²) in [4.78, 5) is 0. The van der Waals surface area contributed by atoms with Gasteiger partial charge in [0.2, 0.25) is 0 Å². The maximum absolute atomic E-state index is 8.95. The largest absolute Gasteiger partial charge is 0.192 e. The molecule has 1 nitrogen and oxygen atoms in total. The maximum atomic E-state index is 8.95. The van der Waals surface area contributed by atoms with Crippen molar-refractivity contribution in [2.45, 2.75) is 20.3 Å². The molecule has 1 heteroatoms. The molecule has 0 bridgehead atoms. The molecule has 0 amide bonds. The Balaban J connectivity index is 2.08. The number of nitrogens with zero attached hydrogens (tertiary/aromatic N) is 1. The predicted molar refractivity (Wildman–Crippen MR) is 96.1 cm³/mol. The van der Waals surface area contributed by atoms with E-state index in [2.05, 4.69) is 62.4 Å². The summed E-state index contributed by atoms with van der Waals surface area (Å²) in [6.45, 7) is 4.28. The first-order chi connectivity index (χ1) is 11.2. The van der Waals surface area contributed by atoms with E-state index < -0.39 is 0 Å². The van der Waals surface area contributed by atoms with Gasteiger partial charge in [-0.3, -0.25) is 0 Å². The van der Waals surface area contributed by atoms with Gasteiger partial charge in [-0.15, -0.1) is 0 Å². The summed E-state index contributed by atoms with van der Waals surface area (Å²) < 4.78 is 0. The number of rotatable bonds is 3. The standard InChI is InChI=1S/C22H19N/c1-3-17-12-21(19-8-4-16(2)5-9-19)14-22(13-17)20-10-6-18(15-23)7-11-20/h4-14H,3H2,1-2H3. The smallest absolute Gasteiger partial charge is 0.0991 e. The van der Waals surface area contributed by atoms with E-state index in [1.54, 1.807) is 0 Å². The van der Waals surface area contributed by atoms with Crippen molar-refractivity contribution in [3.63, 3.8) is 0 Å². The van der Waals surface area contributed by atoms with Crippen LogP contribution in [0.5, 0.6) is 0 Å². The van der Waals surface area contributed by atoms with Gasteiger partial charge in [0.25, 0.3) is 0 Å². The molecule has 0 saturated heterocycles. The van der Waals surface area contributed by atoms with Gasteiger partial charge in [-0.1, -0.05) is 61.0 Å². The van der Waals surface area contributed by atoms with E-state index in [0.29, 0.717) is 5.56 Å². The quantitative estimate of drug-likeness (QED) is 0.602. The molecule has 3 aromatic rings. The van der Waals surface area contributed by atoms with Crippen molar-refractivity contribution in [2.75, 3.05) is 0 Å². The van der Waals surface area contributed by atoms with Crippen LogP contribution in [-0.4, -0.2) is 0 Å². The minimum Gasteiger partial charge on any atom is -0.192 e. The van der Waals surface area contributed by atoms with Gasteiger partial charge in [0.1, 0.15) is 0 Å². The normalized spacial score (nSPS) is 10.3. The van der Waals surface area contributed by atoms with E-state index in [0.717, 1.165) is 12.0 Å². The lowest BCUT2D eigenvalue weighted by Crippen LogP contribution is -1.88. The van der Waals surface area contributed by atoms with Crippen molar-refractivity contribution in [2.24, 2.45) is 0 Å². The molecule has 0 saturated carbocycles. The number of hydrogen-bond donors (Lipinski definition) is 0. The fraction of sp³-hybridized carbons (Fsp3) is 0.136. The zero-order valence-electron chi connectivity index (χ0n) is 13.5. The summed E-state index contributed by atoms with van der Waals surface area (Å²) in [6.07, 6.45) is 1.00. The Labute approximate surface area is 137 Å². The van der Waals surface area contributed by atoms with E-state index >= 15 is 0 Å². The Bertz CT molecular complexity index is 850. The number of benzene rings is 3. The zero-order chi connectivity index (χ0) is 16.2. The molecule has 3 rings (SSSR count). The summed E-state index contributed by atoms with van der Waals surface area (Å²) in [5, 5.41) is 8.95. The van der Waals surface area contributed by atoms with Crippen LogP contribution in [0.1, 0.15) is 23.6 Å². The van der Waals surface area contributed by atoms with Crippen molar-refractivity contribution in [1.29, 1.82) is 5.26 Å². The van der Waals surface area contributed by atoms with Crippen LogP contribution in [0.2, 0.25) is 0 Å². The van der Waals surface area contributed by atoms with E-state index in [1.165, 1.54) is 27.8 Å². The van der Waals surface area contributed by atoms with Crippen molar-refractivity contribution in [1.82, 2.24) is 0 Å². The van der Waals surface area contributed by atoms with Crippen LogP contribution in [0.15, 0.2) is 66.7 Å². The van der Waals surface area contributed by atoms with Crippen molar-refractivity contribution >= 4 is 0 Å². The summed E-state index contributed by atoms with van der Waals surface area (Å²) in [6, 6.07) is 25.3. The highest BCUT2D eigenvalue weighted by Crippen LogP contribution is 2.29. The molecular weight excluding hydrogens is 278 g/mol. The van der Waals surface area contributed by atoms with Gasteiger partial charge >= 0.3 is 0 Å². The summed E-state index contributed by atoms with van der Waals surface area (Å²) in [5.41, 5.74) is 8.11. The van der Waals surface area contributed by atoms with Crippen LogP contribution in [0, 0.1) is 18.3 Å². The molecule has 112 valence electrons. The molecule has 0 atom stereocenters. The summed E-state index contributed by atoms with van der Waals surface area (Å²) >= 11 is 0. The van der Waals surface area contributed by atoms with Crippen molar-refractivity contribution < 1.29 is 0 Å². The lowest BCUT2D eigenvalue weighted by Gasteiger charge is -2.10. The van der Waals surface area contributed by atoms with Crippen LogP contribution in [0.3, 0.4) is 0 Å². The highest BCUT2D eigenvalue weighted by atomic mass is 14.2. The second kappa shape index (κ2) is 6.50. The lowest BCUT2D eigenvalue weighted by atomic mass is 9.94. The number of nitriles is 1. The summed E-state index contributed by atoms with van der Waals surface area (Å²) in [7, 11) is 0. The van der Waals surface area contributed by atoms with Crippen LogP contribution >= 0.6 is 0 Å². The first-order valence-electron chi connectivity index (χ1n) is 7.91. The van der Waals surface area contributed by atoms with Crippen LogP contribution in [0.25, 0.3) is 22.3 Å². The summed E-state index contributed by atoms with van der Waals surface area (Å²) in [5.74, 6) is 0. The Hall–Kier alpha value is -2.85. The number of hydrogen-bond acceptors (Lipinski definition) is 1. The van der Waals surface area contributed by atoms with Crippen LogP contribution in [-0.2, 0) is 6.42 Å². The monoisotopic (exact) mass is 297 g/mol. The van der Waals surface area contributed by atoms with Crippen LogP contribution < -0.4 is 0 Å². The molecule has 0 heterocycles. The molecule has 0 aliphatic heterocycles. The molecule has 0 spiro atoms. The molecule has 0 fully saturated rings. The molecule has 23 heavy (non-hydrogen) atoms. The molecule has 0 N–H and O–H groups in total. The first-order valence-corrected chi connectivity index (χ1v) is 7.91. The number of aryl methyl sites for hydroxylation is 2. The molecule has 0 unspecified atom stereocenters. The van der Waals surface area contributed by atoms with Gasteiger partial charge in [-0.05, 0) is 59.4 Å². The minimum absolute atomic E-state index is 0.694. The van der Waals surface area contributed by atoms with Crippen molar-refractivity contribution in [3.8, 4) is 28.3 Å². The van der Waals surface area contributed by atoms with Gasteiger partial charge in [-0.2, -0.15) is 5.26 Å². The van der Waals surface area contributed by atoms with Gasteiger partial charge in [0.15, 0.2) is 0 Å². The minimum atomic E-state index is 0.694. The maximum Gasteiger partial charge on any atom is 0.0991 e. The average molecular weight is 297 g/mol. The average Bonchev–Trinajstić information content (AvgIpc) is 2.62. The fourth-order valence-electron chi connectivity index (χ4n) is 2.71. The van der Waals surface area contributed by atoms with Gasteiger partial charge in [0, 0.05) is 0 Å². The SMILES string of the molecule is CCc1cc(-c2ccc(C)cc2)cc(-c2ccc(C#N)cc2)c1. The Morgan fingerprint density at radius 3 is 1.74 bits per heavy atom. The first kappa shape index (κ1) is 15.1. The van der Waals surface area contributed by atoms with E-state index in [1.807, 2.05) is 24.3 Å². The Morgan fingerprint density at radius 2 is 1.26 bits per heavy atom. The molecule has 0 aliphatic carbocycles. The highest BCUT2D eigenvalue weighted by molar-refractivity contribution is 5.74. The van der Waals surface area contributed by atoms with Gasteiger partial charge in [-0.25, -0.2) is 0 Å². The lowest BCUT2D eigenvalue weighted by molar-refractivity contribution is 1.14. The third-order valence-electron chi connectivity index (χ3n) is 4.13. The Kier molecular flexibility index (Phi) is 4.26. The predicted octanol–water partition coefficient (Wildman–Crippen LogP) is 5.76. The topological polar surface area (TPSA) is 23.8 Å². The second-order valence-electron chi connectivity index (χ2n) is 5.83. The molecular formula is C22H19N. The third-order valence-corrected chi connectivity index (χ3v) is 4.13. The van der Waals surface area contributed by atoms with Crippen LogP contribution in [0.4, 0.5) is 0 Å². The van der Waals surface area contributed by atoms with E-state index in [-0.39, 0.29) is 0 Å². The molecule has 3 aromatic carbocycles. The highest BCUT2D eigenvalue weighted by Gasteiger charge is 2.05. The van der Waals surface area contributed by atoms with E-state index in [9.17, 15) is 0 Å².